The lowest BCUT2D eigenvalue weighted by Crippen LogP contribution is -2.27. The van der Waals surface area contributed by atoms with Crippen LogP contribution in [0.1, 0.15) is 15.9 Å². The molecule has 1 saturated heterocycles. The Labute approximate surface area is 160 Å². The molecule has 0 radical (unpaired) electrons. The van der Waals surface area contributed by atoms with E-state index in [1.54, 1.807) is 30.4 Å². The Morgan fingerprint density at radius 2 is 1.88 bits per heavy atom. The molecule has 26 heavy (non-hydrogen) atoms. The van der Waals surface area contributed by atoms with Crippen LogP contribution in [-0.4, -0.2) is 32.7 Å². The Bertz CT molecular complexity index is 950. The largest absolute Gasteiger partial charge is 0.478 e. The lowest BCUT2D eigenvalue weighted by molar-refractivity contribution is -0.121. The first-order valence-electron chi connectivity index (χ1n) is 7.79. The van der Waals surface area contributed by atoms with E-state index in [0.717, 1.165) is 16.7 Å². The van der Waals surface area contributed by atoms with Gasteiger partial charge in [0.1, 0.15) is 4.32 Å². The number of carboxylic acid groups (broad SMARTS) is 1. The van der Waals surface area contributed by atoms with Crippen LogP contribution in [-0.2, 0) is 4.79 Å². The van der Waals surface area contributed by atoms with Crippen molar-refractivity contribution in [3.63, 3.8) is 0 Å². The van der Waals surface area contributed by atoms with Crippen LogP contribution >= 0.6 is 24.0 Å². The van der Waals surface area contributed by atoms with Gasteiger partial charge in [0, 0.05) is 6.54 Å². The maximum absolute atomic E-state index is 12.4. The van der Waals surface area contributed by atoms with E-state index in [9.17, 15) is 9.59 Å². The van der Waals surface area contributed by atoms with E-state index in [4.69, 9.17) is 17.3 Å². The van der Waals surface area contributed by atoms with Gasteiger partial charge in [-0.1, -0.05) is 60.4 Å². The van der Waals surface area contributed by atoms with Gasteiger partial charge in [0.2, 0.25) is 0 Å². The molecule has 1 aliphatic rings. The molecule has 2 aromatic carbocycles. The zero-order valence-electron chi connectivity index (χ0n) is 13.7. The molecule has 0 bridgehead atoms. The molecule has 3 rings (SSSR count). The lowest BCUT2D eigenvalue weighted by atomic mass is 10.0. The SMILES string of the molecule is C=CCN1C(=O)/C(=C/c2cccc(-c3cccc(C(=O)O)c3)c2)SC1=S. The van der Waals surface area contributed by atoms with E-state index in [2.05, 4.69) is 6.58 Å². The Morgan fingerprint density at radius 3 is 2.58 bits per heavy atom. The second kappa shape index (κ2) is 7.68. The Balaban J connectivity index is 1.92. The smallest absolute Gasteiger partial charge is 0.335 e. The van der Waals surface area contributed by atoms with Gasteiger partial charge < -0.3 is 5.11 Å². The number of amides is 1. The number of carboxylic acids is 1. The molecule has 1 heterocycles. The monoisotopic (exact) mass is 381 g/mol. The zero-order valence-corrected chi connectivity index (χ0v) is 15.3. The summed E-state index contributed by atoms with van der Waals surface area (Å²) >= 11 is 6.51. The highest BCUT2D eigenvalue weighted by atomic mass is 32.2. The van der Waals surface area contributed by atoms with Gasteiger partial charge in [-0.2, -0.15) is 0 Å². The van der Waals surface area contributed by atoms with Crippen LogP contribution < -0.4 is 0 Å². The van der Waals surface area contributed by atoms with Gasteiger partial charge in [0.05, 0.1) is 10.5 Å². The van der Waals surface area contributed by atoms with Gasteiger partial charge >= 0.3 is 5.97 Å². The first-order valence-corrected chi connectivity index (χ1v) is 9.02. The summed E-state index contributed by atoms with van der Waals surface area (Å²) in [6, 6.07) is 14.3. The number of aromatic carboxylic acids is 1. The molecule has 6 heteroatoms. The number of thioether (sulfide) groups is 1. The maximum atomic E-state index is 12.4. The number of hydrogen-bond acceptors (Lipinski definition) is 4. The fourth-order valence-corrected chi connectivity index (χ4v) is 3.85. The van der Waals surface area contributed by atoms with E-state index in [-0.39, 0.29) is 11.5 Å². The Hall–Kier alpha value is -2.70. The van der Waals surface area contributed by atoms with Crippen LogP contribution in [0.2, 0.25) is 0 Å². The fourth-order valence-electron chi connectivity index (χ4n) is 2.58. The van der Waals surface area contributed by atoms with Crippen molar-refractivity contribution < 1.29 is 14.7 Å². The quantitative estimate of drug-likeness (QED) is 0.471. The third-order valence-electron chi connectivity index (χ3n) is 3.81. The van der Waals surface area contributed by atoms with Crippen molar-refractivity contribution in [3.8, 4) is 11.1 Å². The molecule has 0 saturated carbocycles. The number of rotatable bonds is 5. The molecule has 0 aliphatic carbocycles. The molecule has 1 aliphatic heterocycles. The summed E-state index contributed by atoms with van der Waals surface area (Å²) in [5.41, 5.74) is 2.77. The molecular formula is C20H15NO3S2. The number of thiocarbonyl (C=S) groups is 1. The van der Waals surface area contributed by atoms with E-state index in [0.29, 0.717) is 15.8 Å². The van der Waals surface area contributed by atoms with Crippen molar-refractivity contribution >= 4 is 46.3 Å². The highest BCUT2D eigenvalue weighted by molar-refractivity contribution is 8.26. The standard InChI is InChI=1S/C20H15NO3S2/c1-2-9-21-18(22)17(26-20(21)25)11-13-5-3-6-14(10-13)15-7-4-8-16(12-15)19(23)24/h2-8,10-12H,1,9H2,(H,23,24)/b17-11-. The van der Waals surface area contributed by atoms with Gasteiger partial charge in [0.15, 0.2) is 0 Å². The van der Waals surface area contributed by atoms with Crippen molar-refractivity contribution in [2.45, 2.75) is 0 Å². The van der Waals surface area contributed by atoms with Crippen molar-refractivity contribution in [2.75, 3.05) is 6.54 Å². The second-order valence-corrected chi connectivity index (χ2v) is 7.27. The summed E-state index contributed by atoms with van der Waals surface area (Å²) in [5, 5.41) is 9.15. The van der Waals surface area contributed by atoms with Crippen LogP contribution in [0.4, 0.5) is 0 Å². The summed E-state index contributed by atoms with van der Waals surface area (Å²) < 4.78 is 0.520. The van der Waals surface area contributed by atoms with Crippen molar-refractivity contribution in [2.24, 2.45) is 0 Å². The molecule has 1 fully saturated rings. The van der Waals surface area contributed by atoms with Gasteiger partial charge in [-0.15, -0.1) is 6.58 Å². The molecule has 0 unspecified atom stereocenters. The average molecular weight is 381 g/mol. The first-order chi connectivity index (χ1) is 12.5. The third-order valence-corrected chi connectivity index (χ3v) is 5.19. The highest BCUT2D eigenvalue weighted by Gasteiger charge is 2.30. The summed E-state index contributed by atoms with van der Waals surface area (Å²) in [6.45, 7) is 4.04. The summed E-state index contributed by atoms with van der Waals surface area (Å²) in [7, 11) is 0. The van der Waals surface area contributed by atoms with Crippen LogP contribution in [0.5, 0.6) is 0 Å². The van der Waals surface area contributed by atoms with Crippen molar-refractivity contribution in [3.05, 3.63) is 77.2 Å². The fraction of sp³-hybridized carbons (Fsp3) is 0.0500. The zero-order chi connectivity index (χ0) is 18.7. The molecule has 0 aromatic heterocycles. The third kappa shape index (κ3) is 3.76. The minimum absolute atomic E-state index is 0.127. The minimum Gasteiger partial charge on any atom is -0.478 e. The Kier molecular flexibility index (Phi) is 5.35. The summed E-state index contributed by atoms with van der Waals surface area (Å²) in [5.74, 6) is -1.09. The van der Waals surface area contributed by atoms with E-state index < -0.39 is 5.97 Å². The number of benzene rings is 2. The number of hydrogen-bond donors (Lipinski definition) is 1. The average Bonchev–Trinajstić information content (AvgIpc) is 2.90. The van der Waals surface area contributed by atoms with E-state index in [1.165, 1.54) is 16.7 Å². The van der Waals surface area contributed by atoms with Crippen molar-refractivity contribution in [1.29, 1.82) is 0 Å². The molecule has 130 valence electrons. The molecule has 1 N–H and O–H groups in total. The minimum atomic E-state index is -0.964. The molecule has 4 nitrogen and oxygen atoms in total. The van der Waals surface area contributed by atoms with E-state index in [1.807, 2.05) is 30.3 Å². The van der Waals surface area contributed by atoms with Gasteiger partial charge in [0.25, 0.3) is 5.91 Å². The van der Waals surface area contributed by atoms with Crippen LogP contribution in [0.25, 0.3) is 17.2 Å². The highest BCUT2D eigenvalue weighted by Crippen LogP contribution is 2.33. The molecular weight excluding hydrogens is 366 g/mol. The number of nitrogens with zero attached hydrogens (tertiary/aromatic N) is 1. The molecule has 0 spiro atoms. The lowest BCUT2D eigenvalue weighted by Gasteiger charge is -2.10. The van der Waals surface area contributed by atoms with Gasteiger partial charge in [-0.25, -0.2) is 4.79 Å². The molecule has 0 atom stereocenters. The predicted octanol–water partition coefficient (Wildman–Crippen LogP) is 4.44. The molecule has 2 aromatic rings. The number of carbonyl (C=O) groups excluding carboxylic acids is 1. The predicted molar refractivity (Wildman–Crippen MR) is 109 cm³/mol. The van der Waals surface area contributed by atoms with Crippen LogP contribution in [0.3, 0.4) is 0 Å². The van der Waals surface area contributed by atoms with Crippen LogP contribution in [0, 0.1) is 0 Å². The van der Waals surface area contributed by atoms with E-state index >= 15 is 0 Å². The number of carbonyl (C=O) groups is 2. The maximum Gasteiger partial charge on any atom is 0.335 e. The van der Waals surface area contributed by atoms with Gasteiger partial charge in [-0.3, -0.25) is 9.69 Å². The van der Waals surface area contributed by atoms with Gasteiger partial charge in [-0.05, 0) is 41.0 Å². The topological polar surface area (TPSA) is 57.6 Å². The summed E-state index contributed by atoms with van der Waals surface area (Å²) in [6.07, 6.45) is 3.44. The first kappa shape index (κ1) is 18.1. The van der Waals surface area contributed by atoms with Crippen LogP contribution in [0.15, 0.2) is 66.1 Å². The summed E-state index contributed by atoms with van der Waals surface area (Å²) in [4.78, 5) is 25.7. The normalized spacial score (nSPS) is 15.5. The van der Waals surface area contributed by atoms with Crippen molar-refractivity contribution in [1.82, 2.24) is 4.90 Å². The second-order valence-electron chi connectivity index (χ2n) is 5.59. The Morgan fingerprint density at radius 1 is 1.19 bits per heavy atom. The molecule has 1 amide bonds.